The molecule has 2 aromatic rings. The Kier molecular flexibility index (Phi) is 4.04. The van der Waals surface area contributed by atoms with Crippen molar-refractivity contribution in [2.24, 2.45) is 5.73 Å². The predicted octanol–water partition coefficient (Wildman–Crippen LogP) is 3.77. The first-order chi connectivity index (χ1) is 9.40. The third-order valence-electron chi connectivity index (χ3n) is 3.07. The average molecular weight is 274 g/mol. The fourth-order valence-corrected chi connectivity index (χ4v) is 1.76. The summed E-state index contributed by atoms with van der Waals surface area (Å²) in [6, 6.07) is 8.38. The number of pyridine rings is 1. The molecule has 3 nitrogen and oxygen atoms in total. The van der Waals surface area contributed by atoms with Crippen molar-refractivity contribution >= 4 is 0 Å². The van der Waals surface area contributed by atoms with E-state index in [4.69, 9.17) is 10.5 Å². The molecule has 0 unspecified atom stereocenters. The molecule has 0 radical (unpaired) electrons. The van der Waals surface area contributed by atoms with Gasteiger partial charge in [0, 0.05) is 30.4 Å². The highest BCUT2D eigenvalue weighted by Crippen LogP contribution is 2.25. The summed E-state index contributed by atoms with van der Waals surface area (Å²) >= 11 is 0. The minimum absolute atomic E-state index is 0.0421. The molecule has 0 saturated carbocycles. The first-order valence-corrected chi connectivity index (χ1v) is 6.53. The van der Waals surface area contributed by atoms with Crippen LogP contribution in [0.5, 0.6) is 11.6 Å². The van der Waals surface area contributed by atoms with Gasteiger partial charge in [-0.3, -0.25) is 0 Å². The highest BCUT2D eigenvalue weighted by Gasteiger charge is 2.14. The number of hydrogen-bond donors (Lipinski definition) is 1. The van der Waals surface area contributed by atoms with Crippen LogP contribution in [-0.4, -0.2) is 4.98 Å². The third kappa shape index (κ3) is 3.33. The van der Waals surface area contributed by atoms with Gasteiger partial charge in [-0.05, 0) is 17.0 Å². The van der Waals surface area contributed by atoms with E-state index in [1.807, 2.05) is 6.07 Å². The van der Waals surface area contributed by atoms with Crippen LogP contribution >= 0.6 is 0 Å². The third-order valence-corrected chi connectivity index (χ3v) is 3.07. The lowest BCUT2D eigenvalue weighted by atomic mass is 9.88. The van der Waals surface area contributed by atoms with Crippen molar-refractivity contribution < 1.29 is 9.13 Å². The van der Waals surface area contributed by atoms with Gasteiger partial charge in [-0.15, -0.1) is 0 Å². The molecule has 1 aromatic carbocycles. The van der Waals surface area contributed by atoms with Crippen LogP contribution < -0.4 is 10.5 Å². The van der Waals surface area contributed by atoms with Gasteiger partial charge in [0.25, 0.3) is 0 Å². The zero-order chi connectivity index (χ0) is 14.8. The van der Waals surface area contributed by atoms with Gasteiger partial charge in [-0.25, -0.2) is 9.37 Å². The summed E-state index contributed by atoms with van der Waals surface area (Å²) in [5.41, 5.74) is 7.05. The maximum atomic E-state index is 13.6. The van der Waals surface area contributed by atoms with Gasteiger partial charge < -0.3 is 10.5 Å². The van der Waals surface area contributed by atoms with E-state index in [1.54, 1.807) is 24.4 Å². The zero-order valence-corrected chi connectivity index (χ0v) is 12.0. The zero-order valence-electron chi connectivity index (χ0n) is 12.0. The minimum atomic E-state index is -0.365. The Morgan fingerprint density at radius 2 is 1.95 bits per heavy atom. The van der Waals surface area contributed by atoms with Crippen LogP contribution in [0.1, 0.15) is 31.9 Å². The predicted molar refractivity (Wildman–Crippen MR) is 77.3 cm³/mol. The van der Waals surface area contributed by atoms with Crippen molar-refractivity contribution in [3.05, 3.63) is 53.5 Å². The number of ether oxygens (including phenoxy) is 1. The maximum Gasteiger partial charge on any atom is 0.219 e. The van der Waals surface area contributed by atoms with Crippen molar-refractivity contribution in [3.63, 3.8) is 0 Å². The average Bonchev–Trinajstić information content (AvgIpc) is 2.38. The van der Waals surface area contributed by atoms with Gasteiger partial charge in [0.05, 0.1) is 0 Å². The molecule has 106 valence electrons. The van der Waals surface area contributed by atoms with E-state index in [-0.39, 0.29) is 17.8 Å². The van der Waals surface area contributed by atoms with E-state index >= 15 is 0 Å². The molecule has 0 saturated heterocycles. The van der Waals surface area contributed by atoms with Crippen molar-refractivity contribution in [2.75, 3.05) is 0 Å². The second-order valence-corrected chi connectivity index (χ2v) is 5.69. The molecule has 1 aromatic heterocycles. The molecule has 0 bridgehead atoms. The second-order valence-electron chi connectivity index (χ2n) is 5.69. The summed E-state index contributed by atoms with van der Waals surface area (Å²) in [6.07, 6.45) is 1.78. The molecule has 4 heteroatoms. The summed E-state index contributed by atoms with van der Waals surface area (Å²) in [4.78, 5) is 4.24. The van der Waals surface area contributed by atoms with Gasteiger partial charge in [-0.1, -0.05) is 32.9 Å². The van der Waals surface area contributed by atoms with E-state index in [1.165, 1.54) is 6.07 Å². The summed E-state index contributed by atoms with van der Waals surface area (Å²) in [6.45, 7) is 6.52. The van der Waals surface area contributed by atoms with Crippen molar-refractivity contribution in [3.8, 4) is 11.6 Å². The van der Waals surface area contributed by atoms with E-state index in [2.05, 4.69) is 25.8 Å². The highest BCUT2D eigenvalue weighted by molar-refractivity contribution is 5.32. The standard InChI is InChI=1S/C16H19FN2O/c1-16(2,3)12-5-7-15(19-10-12)20-13-6-4-11(9-18)14(17)8-13/h4-8,10H,9,18H2,1-3H3. The van der Waals surface area contributed by atoms with E-state index < -0.39 is 0 Å². The van der Waals surface area contributed by atoms with Crippen LogP contribution in [0.3, 0.4) is 0 Å². The quantitative estimate of drug-likeness (QED) is 0.926. The van der Waals surface area contributed by atoms with Crippen LogP contribution in [0.2, 0.25) is 0 Å². The molecule has 0 aliphatic carbocycles. The largest absolute Gasteiger partial charge is 0.439 e. The summed E-state index contributed by atoms with van der Waals surface area (Å²) in [7, 11) is 0. The van der Waals surface area contributed by atoms with Gasteiger partial charge >= 0.3 is 0 Å². The molecule has 20 heavy (non-hydrogen) atoms. The van der Waals surface area contributed by atoms with Gasteiger partial charge in [-0.2, -0.15) is 0 Å². The number of aromatic nitrogens is 1. The van der Waals surface area contributed by atoms with E-state index in [0.29, 0.717) is 17.2 Å². The first kappa shape index (κ1) is 14.5. The molecular weight excluding hydrogens is 255 g/mol. The Bertz CT molecular complexity index is 588. The van der Waals surface area contributed by atoms with Crippen LogP contribution in [0.15, 0.2) is 36.5 Å². The Hall–Kier alpha value is -1.94. The molecule has 2 N–H and O–H groups in total. The van der Waals surface area contributed by atoms with Gasteiger partial charge in [0.1, 0.15) is 11.6 Å². The normalized spacial score (nSPS) is 11.4. The van der Waals surface area contributed by atoms with Crippen molar-refractivity contribution in [1.29, 1.82) is 0 Å². The minimum Gasteiger partial charge on any atom is -0.439 e. The number of benzene rings is 1. The topological polar surface area (TPSA) is 48.1 Å². The number of nitrogens with zero attached hydrogens (tertiary/aromatic N) is 1. The molecule has 0 spiro atoms. The molecule has 0 aliphatic heterocycles. The molecular formula is C16H19FN2O. The van der Waals surface area contributed by atoms with Gasteiger partial charge in [0.15, 0.2) is 0 Å². The fourth-order valence-electron chi connectivity index (χ4n) is 1.76. The molecule has 0 atom stereocenters. The number of hydrogen-bond acceptors (Lipinski definition) is 3. The smallest absolute Gasteiger partial charge is 0.219 e. The lowest BCUT2D eigenvalue weighted by Crippen LogP contribution is -2.11. The Morgan fingerprint density at radius 1 is 1.20 bits per heavy atom. The first-order valence-electron chi connectivity index (χ1n) is 6.53. The fraction of sp³-hybridized carbons (Fsp3) is 0.312. The summed E-state index contributed by atoms with van der Waals surface area (Å²) in [5, 5.41) is 0. The van der Waals surface area contributed by atoms with Crippen molar-refractivity contribution in [2.45, 2.75) is 32.7 Å². The van der Waals surface area contributed by atoms with E-state index in [0.717, 1.165) is 5.56 Å². The summed E-state index contributed by atoms with van der Waals surface area (Å²) < 4.78 is 19.1. The molecule has 0 fully saturated rings. The lowest BCUT2D eigenvalue weighted by Gasteiger charge is -2.18. The lowest BCUT2D eigenvalue weighted by molar-refractivity contribution is 0.455. The Balaban J connectivity index is 2.16. The Labute approximate surface area is 118 Å². The second kappa shape index (κ2) is 5.59. The maximum absolute atomic E-state index is 13.6. The Morgan fingerprint density at radius 3 is 2.45 bits per heavy atom. The van der Waals surface area contributed by atoms with Crippen LogP contribution in [0, 0.1) is 5.82 Å². The SMILES string of the molecule is CC(C)(C)c1ccc(Oc2ccc(CN)c(F)c2)nc1. The molecule has 0 amide bonds. The summed E-state index contributed by atoms with van der Waals surface area (Å²) in [5.74, 6) is 0.491. The van der Waals surface area contributed by atoms with Crippen molar-refractivity contribution in [1.82, 2.24) is 4.98 Å². The monoisotopic (exact) mass is 274 g/mol. The van der Waals surface area contributed by atoms with Crippen LogP contribution in [-0.2, 0) is 12.0 Å². The number of halogens is 1. The molecule has 1 heterocycles. The molecule has 2 rings (SSSR count). The highest BCUT2D eigenvalue weighted by atomic mass is 19.1. The molecule has 0 aliphatic rings. The van der Waals surface area contributed by atoms with Crippen LogP contribution in [0.25, 0.3) is 0 Å². The van der Waals surface area contributed by atoms with Crippen LogP contribution in [0.4, 0.5) is 4.39 Å². The van der Waals surface area contributed by atoms with Gasteiger partial charge in [0.2, 0.25) is 5.88 Å². The number of nitrogens with two attached hydrogens (primary N) is 1. The van der Waals surface area contributed by atoms with E-state index in [9.17, 15) is 4.39 Å². The number of rotatable bonds is 3.